The van der Waals surface area contributed by atoms with Crippen LogP contribution in [0.25, 0.3) is 0 Å². The SMILES string of the molecule is Cc1ccc(Cl)cc1NC(=O)COC(=O)[C@@H]1[C@@H]2C[C@@H]3[C@H]1C(=O)O[C@@H]3C2. The summed E-state index contributed by atoms with van der Waals surface area (Å²) in [7, 11) is 0. The highest BCUT2D eigenvalue weighted by Crippen LogP contribution is 2.57. The summed E-state index contributed by atoms with van der Waals surface area (Å²) in [4.78, 5) is 36.4. The highest BCUT2D eigenvalue weighted by atomic mass is 35.5. The van der Waals surface area contributed by atoms with Gasteiger partial charge in [0.1, 0.15) is 6.10 Å². The first-order valence-corrected chi connectivity index (χ1v) is 8.75. The number of fused-ring (bicyclic) bond motifs is 1. The minimum atomic E-state index is -0.479. The number of amides is 1. The molecule has 1 aromatic rings. The number of halogens is 1. The Morgan fingerprint density at radius 3 is 2.96 bits per heavy atom. The van der Waals surface area contributed by atoms with Crippen LogP contribution in [0.2, 0.25) is 5.02 Å². The van der Waals surface area contributed by atoms with E-state index in [4.69, 9.17) is 21.1 Å². The molecule has 1 saturated heterocycles. The molecule has 0 radical (unpaired) electrons. The zero-order valence-electron chi connectivity index (χ0n) is 13.7. The number of carbonyl (C=O) groups is 3. The number of ether oxygens (including phenoxy) is 2. The van der Waals surface area contributed by atoms with Crippen LogP contribution in [0.15, 0.2) is 18.2 Å². The van der Waals surface area contributed by atoms with E-state index in [1.54, 1.807) is 18.2 Å². The van der Waals surface area contributed by atoms with Crippen molar-refractivity contribution in [1.82, 2.24) is 0 Å². The van der Waals surface area contributed by atoms with Crippen LogP contribution in [0.1, 0.15) is 18.4 Å². The first-order chi connectivity index (χ1) is 11.9. The maximum Gasteiger partial charge on any atom is 0.310 e. The second kappa shape index (κ2) is 6.02. The maximum atomic E-state index is 12.4. The molecule has 5 atom stereocenters. The van der Waals surface area contributed by atoms with Gasteiger partial charge in [0.15, 0.2) is 6.61 Å². The summed E-state index contributed by atoms with van der Waals surface area (Å²) in [6.07, 6.45) is 1.52. The Morgan fingerprint density at radius 2 is 2.16 bits per heavy atom. The van der Waals surface area contributed by atoms with Gasteiger partial charge in [-0.15, -0.1) is 0 Å². The molecule has 0 unspecified atom stereocenters. The summed E-state index contributed by atoms with van der Waals surface area (Å²) in [6.45, 7) is 1.46. The van der Waals surface area contributed by atoms with Gasteiger partial charge in [0.05, 0.1) is 11.8 Å². The molecule has 132 valence electrons. The van der Waals surface area contributed by atoms with Crippen molar-refractivity contribution in [2.75, 3.05) is 11.9 Å². The lowest BCUT2D eigenvalue weighted by Gasteiger charge is -2.22. The third-order valence-corrected chi connectivity index (χ3v) is 5.81. The van der Waals surface area contributed by atoms with Crippen molar-refractivity contribution in [3.8, 4) is 0 Å². The van der Waals surface area contributed by atoms with E-state index in [1.807, 2.05) is 6.92 Å². The first kappa shape index (κ1) is 16.4. The van der Waals surface area contributed by atoms with Crippen molar-refractivity contribution in [3.05, 3.63) is 28.8 Å². The molecule has 2 saturated carbocycles. The molecule has 2 bridgehead atoms. The van der Waals surface area contributed by atoms with Gasteiger partial charge < -0.3 is 14.8 Å². The van der Waals surface area contributed by atoms with Crippen molar-refractivity contribution >= 4 is 35.1 Å². The van der Waals surface area contributed by atoms with Crippen LogP contribution in [0.4, 0.5) is 5.69 Å². The number of anilines is 1. The molecule has 25 heavy (non-hydrogen) atoms. The van der Waals surface area contributed by atoms with Gasteiger partial charge in [0.2, 0.25) is 0 Å². The Morgan fingerprint density at radius 1 is 1.36 bits per heavy atom. The normalized spacial score (nSPS) is 31.8. The minimum Gasteiger partial charge on any atom is -0.462 e. The van der Waals surface area contributed by atoms with Crippen molar-refractivity contribution < 1.29 is 23.9 Å². The smallest absolute Gasteiger partial charge is 0.310 e. The highest BCUT2D eigenvalue weighted by Gasteiger charge is 2.64. The predicted molar refractivity (Wildman–Crippen MR) is 88.9 cm³/mol. The second-order valence-corrected chi connectivity index (χ2v) is 7.47. The van der Waals surface area contributed by atoms with Gasteiger partial charge in [-0.2, -0.15) is 0 Å². The summed E-state index contributed by atoms with van der Waals surface area (Å²) in [5, 5.41) is 3.19. The van der Waals surface area contributed by atoms with Gasteiger partial charge in [-0.3, -0.25) is 14.4 Å². The number of nitrogens with one attached hydrogen (secondary N) is 1. The Balaban J connectivity index is 1.35. The Hall–Kier alpha value is -2.08. The van der Waals surface area contributed by atoms with Gasteiger partial charge in [0.25, 0.3) is 5.91 Å². The van der Waals surface area contributed by atoms with Gasteiger partial charge in [-0.1, -0.05) is 17.7 Å². The van der Waals surface area contributed by atoms with Crippen molar-refractivity contribution in [2.24, 2.45) is 23.7 Å². The molecule has 4 rings (SSSR count). The molecule has 3 fully saturated rings. The lowest BCUT2D eigenvalue weighted by molar-refractivity contribution is -0.157. The Bertz CT molecular complexity index is 762. The number of rotatable bonds is 4. The van der Waals surface area contributed by atoms with E-state index in [1.165, 1.54) is 0 Å². The monoisotopic (exact) mass is 363 g/mol. The Labute approximate surface area is 149 Å². The molecule has 0 aromatic heterocycles. The van der Waals surface area contributed by atoms with E-state index in [9.17, 15) is 14.4 Å². The quantitative estimate of drug-likeness (QED) is 0.830. The highest BCUT2D eigenvalue weighted by molar-refractivity contribution is 6.31. The van der Waals surface area contributed by atoms with Crippen molar-refractivity contribution in [1.29, 1.82) is 0 Å². The molecule has 1 amide bonds. The number of hydrogen-bond donors (Lipinski definition) is 1. The molecule has 6 nitrogen and oxygen atoms in total. The summed E-state index contributed by atoms with van der Waals surface area (Å²) < 4.78 is 10.5. The molecule has 0 spiro atoms. The topological polar surface area (TPSA) is 81.7 Å². The fourth-order valence-corrected chi connectivity index (χ4v) is 4.65. The van der Waals surface area contributed by atoms with Crippen LogP contribution in [0, 0.1) is 30.6 Å². The van der Waals surface area contributed by atoms with Gasteiger partial charge in [0, 0.05) is 16.6 Å². The summed E-state index contributed by atoms with van der Waals surface area (Å²) in [5.41, 5.74) is 1.44. The fraction of sp³-hybridized carbons (Fsp3) is 0.500. The van der Waals surface area contributed by atoms with E-state index in [2.05, 4.69) is 5.32 Å². The molecule has 3 aliphatic rings. The van der Waals surface area contributed by atoms with E-state index >= 15 is 0 Å². The number of carbonyl (C=O) groups excluding carboxylic acids is 3. The standard InChI is InChI=1S/C18H18ClNO5/c1-8-2-3-10(19)6-12(8)20-14(21)7-24-17(22)15-9-4-11-13(5-9)25-18(23)16(11)15/h2-3,6,9,11,13,15-16H,4-5,7H2,1H3,(H,20,21)/t9-,11+,13-,15-,16-/m1/s1. The summed E-state index contributed by atoms with van der Waals surface area (Å²) in [5.74, 6) is -1.82. The van der Waals surface area contributed by atoms with Crippen LogP contribution in [0.3, 0.4) is 0 Å². The zero-order valence-corrected chi connectivity index (χ0v) is 14.4. The van der Waals surface area contributed by atoms with Crippen molar-refractivity contribution in [3.63, 3.8) is 0 Å². The molecular formula is C18H18ClNO5. The van der Waals surface area contributed by atoms with Crippen LogP contribution in [0.5, 0.6) is 0 Å². The van der Waals surface area contributed by atoms with Gasteiger partial charge in [-0.25, -0.2) is 0 Å². The first-order valence-electron chi connectivity index (χ1n) is 8.37. The van der Waals surface area contributed by atoms with Gasteiger partial charge >= 0.3 is 11.9 Å². The lowest BCUT2D eigenvalue weighted by Crippen LogP contribution is -2.35. The van der Waals surface area contributed by atoms with E-state index in [0.29, 0.717) is 10.7 Å². The number of aryl methyl sites for hydroxylation is 1. The van der Waals surface area contributed by atoms with E-state index in [-0.39, 0.29) is 30.5 Å². The van der Waals surface area contributed by atoms with E-state index in [0.717, 1.165) is 18.4 Å². The van der Waals surface area contributed by atoms with Crippen LogP contribution in [-0.4, -0.2) is 30.6 Å². The third kappa shape index (κ3) is 2.78. The van der Waals surface area contributed by atoms with Crippen molar-refractivity contribution in [2.45, 2.75) is 25.9 Å². The number of benzene rings is 1. The predicted octanol–water partition coefficient (Wildman–Crippen LogP) is 2.33. The Kier molecular flexibility index (Phi) is 3.95. The van der Waals surface area contributed by atoms with Crippen LogP contribution < -0.4 is 5.32 Å². The third-order valence-electron chi connectivity index (χ3n) is 5.57. The van der Waals surface area contributed by atoms with Gasteiger partial charge in [-0.05, 0) is 43.4 Å². The minimum absolute atomic E-state index is 0.0272. The maximum absolute atomic E-state index is 12.4. The average molecular weight is 364 g/mol. The number of esters is 2. The molecule has 1 N–H and O–H groups in total. The van der Waals surface area contributed by atoms with E-state index < -0.39 is 23.7 Å². The van der Waals surface area contributed by atoms with Crippen LogP contribution in [-0.2, 0) is 23.9 Å². The molecule has 1 aliphatic heterocycles. The molecule has 2 aliphatic carbocycles. The molecular weight excluding hydrogens is 346 g/mol. The summed E-state index contributed by atoms with van der Waals surface area (Å²) in [6, 6.07) is 5.16. The molecule has 1 heterocycles. The number of hydrogen-bond acceptors (Lipinski definition) is 5. The largest absolute Gasteiger partial charge is 0.462 e. The average Bonchev–Trinajstić information content (AvgIpc) is 3.18. The fourth-order valence-electron chi connectivity index (χ4n) is 4.47. The second-order valence-electron chi connectivity index (χ2n) is 7.04. The lowest BCUT2D eigenvalue weighted by atomic mass is 9.80. The molecule has 7 heteroatoms. The van der Waals surface area contributed by atoms with Crippen LogP contribution >= 0.6 is 11.6 Å². The summed E-state index contributed by atoms with van der Waals surface area (Å²) >= 11 is 5.92. The molecule has 1 aromatic carbocycles. The zero-order chi connectivity index (χ0) is 17.7.